The fraction of sp³-hybridized carbons (Fsp3) is 0.867. The molecule has 0 aromatic carbocycles. The molecule has 0 amide bonds. The van der Waals surface area contributed by atoms with Crippen molar-refractivity contribution in [1.82, 2.24) is 0 Å². The zero-order valence-corrected chi connectivity index (χ0v) is 21.4. The van der Waals surface area contributed by atoms with Crippen LogP contribution in [0.15, 0.2) is 23.8 Å². The molecular formula is C30H56O. The Labute approximate surface area is 196 Å². The minimum absolute atomic E-state index is 0.568. The molecule has 0 aliphatic heterocycles. The third-order valence-electron chi connectivity index (χ3n) is 7.11. The zero-order valence-electron chi connectivity index (χ0n) is 21.4. The topological polar surface area (TPSA) is 20.2 Å². The van der Waals surface area contributed by atoms with Gasteiger partial charge in [0.05, 0.1) is 5.60 Å². The molecule has 1 rings (SSSR count). The van der Waals surface area contributed by atoms with Crippen LogP contribution in [0.2, 0.25) is 0 Å². The highest BCUT2D eigenvalue weighted by Gasteiger charge is 2.24. The van der Waals surface area contributed by atoms with Crippen molar-refractivity contribution in [2.45, 2.75) is 167 Å². The summed E-state index contributed by atoms with van der Waals surface area (Å²) in [6.45, 7) is 4.57. The van der Waals surface area contributed by atoms with Crippen LogP contribution in [0.5, 0.6) is 0 Å². The maximum Gasteiger partial charge on any atom is 0.0865 e. The molecule has 1 atom stereocenters. The molecule has 0 bridgehead atoms. The highest BCUT2D eigenvalue weighted by molar-refractivity contribution is 5.27. The lowest BCUT2D eigenvalue weighted by molar-refractivity contribution is 0.0798. The molecule has 1 nitrogen and oxygen atoms in total. The van der Waals surface area contributed by atoms with Gasteiger partial charge in [-0.15, -0.1) is 0 Å². The van der Waals surface area contributed by atoms with E-state index in [2.05, 4.69) is 32.1 Å². The second-order valence-electron chi connectivity index (χ2n) is 10.3. The van der Waals surface area contributed by atoms with Crippen LogP contribution in [0.4, 0.5) is 0 Å². The summed E-state index contributed by atoms with van der Waals surface area (Å²) in [6.07, 6.45) is 37.1. The molecule has 0 aromatic heterocycles. The number of aliphatic hydroxyl groups is 1. The average molecular weight is 433 g/mol. The number of rotatable bonds is 22. The maximum atomic E-state index is 10.8. The van der Waals surface area contributed by atoms with Crippen molar-refractivity contribution in [3.05, 3.63) is 23.8 Å². The lowest BCUT2D eigenvalue weighted by Crippen LogP contribution is -2.26. The fourth-order valence-electron chi connectivity index (χ4n) is 4.81. The van der Waals surface area contributed by atoms with Crippen LogP contribution in [0, 0.1) is 0 Å². The van der Waals surface area contributed by atoms with Crippen molar-refractivity contribution in [3.8, 4) is 0 Å². The predicted molar refractivity (Wildman–Crippen MR) is 140 cm³/mol. The normalized spacial score (nSPS) is 18.5. The molecule has 1 aliphatic carbocycles. The first-order valence-electron chi connectivity index (χ1n) is 14.3. The Hall–Kier alpha value is -0.560. The summed E-state index contributed by atoms with van der Waals surface area (Å²) in [5.74, 6) is 0. The molecule has 0 saturated heterocycles. The largest absolute Gasteiger partial charge is 0.385 e. The minimum Gasteiger partial charge on any atom is -0.385 e. The van der Waals surface area contributed by atoms with Gasteiger partial charge in [0.25, 0.3) is 0 Å². The van der Waals surface area contributed by atoms with Gasteiger partial charge in [-0.05, 0) is 25.7 Å². The molecule has 1 heteroatoms. The van der Waals surface area contributed by atoms with E-state index < -0.39 is 5.60 Å². The van der Waals surface area contributed by atoms with Gasteiger partial charge in [-0.3, -0.25) is 0 Å². The summed E-state index contributed by atoms with van der Waals surface area (Å²) in [7, 11) is 0. The molecule has 0 saturated carbocycles. The lowest BCUT2D eigenvalue weighted by atomic mass is 9.86. The van der Waals surface area contributed by atoms with E-state index in [0.29, 0.717) is 0 Å². The van der Waals surface area contributed by atoms with Gasteiger partial charge in [0.15, 0.2) is 0 Å². The zero-order chi connectivity index (χ0) is 22.5. The minimum atomic E-state index is -0.568. The van der Waals surface area contributed by atoms with Crippen molar-refractivity contribution in [1.29, 1.82) is 0 Å². The molecule has 0 spiro atoms. The van der Waals surface area contributed by atoms with Crippen molar-refractivity contribution in [2.75, 3.05) is 0 Å². The van der Waals surface area contributed by atoms with Gasteiger partial charge in [-0.25, -0.2) is 0 Å². The van der Waals surface area contributed by atoms with Crippen LogP contribution in [-0.2, 0) is 0 Å². The summed E-state index contributed by atoms with van der Waals surface area (Å²) < 4.78 is 0. The second-order valence-corrected chi connectivity index (χ2v) is 10.3. The lowest BCUT2D eigenvalue weighted by Gasteiger charge is -2.26. The molecule has 1 aliphatic rings. The van der Waals surface area contributed by atoms with Gasteiger partial charge in [0, 0.05) is 0 Å². The second kappa shape index (κ2) is 20.1. The summed E-state index contributed by atoms with van der Waals surface area (Å²) in [5.41, 5.74) is 0.883. The fourth-order valence-corrected chi connectivity index (χ4v) is 4.81. The van der Waals surface area contributed by atoms with Crippen LogP contribution >= 0.6 is 0 Å². The molecule has 1 N–H and O–H groups in total. The Morgan fingerprint density at radius 1 is 0.613 bits per heavy atom. The van der Waals surface area contributed by atoms with Gasteiger partial charge < -0.3 is 5.11 Å². The van der Waals surface area contributed by atoms with Crippen LogP contribution in [0.3, 0.4) is 0 Å². The van der Waals surface area contributed by atoms with Crippen molar-refractivity contribution in [3.63, 3.8) is 0 Å². The molecule has 0 heterocycles. The van der Waals surface area contributed by atoms with Gasteiger partial charge in [-0.2, -0.15) is 0 Å². The monoisotopic (exact) mass is 432 g/mol. The third-order valence-corrected chi connectivity index (χ3v) is 7.11. The molecule has 1 unspecified atom stereocenters. The molecule has 0 aromatic rings. The van der Waals surface area contributed by atoms with Crippen LogP contribution < -0.4 is 0 Å². The van der Waals surface area contributed by atoms with Crippen LogP contribution in [-0.4, -0.2) is 10.7 Å². The smallest absolute Gasteiger partial charge is 0.0865 e. The molecule has 0 fully saturated rings. The number of hydrogen-bond donors (Lipinski definition) is 1. The Morgan fingerprint density at radius 2 is 1.03 bits per heavy atom. The summed E-state index contributed by atoms with van der Waals surface area (Å²) >= 11 is 0. The van der Waals surface area contributed by atoms with E-state index in [1.54, 1.807) is 0 Å². The summed E-state index contributed by atoms with van der Waals surface area (Å²) in [5, 5.41) is 10.8. The quantitative estimate of drug-likeness (QED) is 0.169. The first-order valence-corrected chi connectivity index (χ1v) is 14.3. The van der Waals surface area contributed by atoms with E-state index in [1.807, 2.05) is 0 Å². The summed E-state index contributed by atoms with van der Waals surface area (Å²) in [4.78, 5) is 0. The number of allylic oxidation sites excluding steroid dienone is 2. The van der Waals surface area contributed by atoms with Crippen molar-refractivity contribution in [2.24, 2.45) is 0 Å². The van der Waals surface area contributed by atoms with E-state index in [4.69, 9.17) is 0 Å². The molecule has 0 radical (unpaired) electrons. The standard InChI is InChI=1S/C30H56O/c1-3-5-7-9-11-13-15-17-19-21-23-29-24-27-30(31,28-25-29)26-22-20-18-16-14-12-10-8-6-4-2/h24-25,27,31H,3-23,26,28H2,1-2H3. The van der Waals surface area contributed by atoms with Gasteiger partial charge in [0.2, 0.25) is 0 Å². The van der Waals surface area contributed by atoms with Crippen molar-refractivity contribution < 1.29 is 5.11 Å². The van der Waals surface area contributed by atoms with Gasteiger partial charge in [0.1, 0.15) is 0 Å². The molecular weight excluding hydrogens is 376 g/mol. The third kappa shape index (κ3) is 16.7. The highest BCUT2D eigenvalue weighted by Crippen LogP contribution is 2.28. The Kier molecular flexibility index (Phi) is 18.4. The predicted octanol–water partition coefficient (Wildman–Crippen LogP) is 10.2. The maximum absolute atomic E-state index is 10.8. The number of unbranched alkanes of at least 4 members (excludes halogenated alkanes) is 18. The molecule has 31 heavy (non-hydrogen) atoms. The van der Waals surface area contributed by atoms with Gasteiger partial charge in [-0.1, -0.05) is 160 Å². The van der Waals surface area contributed by atoms with E-state index in [1.165, 1.54) is 134 Å². The van der Waals surface area contributed by atoms with Crippen LogP contribution in [0.1, 0.15) is 162 Å². The average Bonchev–Trinajstić information content (AvgIpc) is 2.78. The Morgan fingerprint density at radius 3 is 1.45 bits per heavy atom. The summed E-state index contributed by atoms with van der Waals surface area (Å²) in [6, 6.07) is 0. The Balaban J connectivity index is 1.95. The van der Waals surface area contributed by atoms with E-state index in [0.717, 1.165) is 19.3 Å². The number of hydrogen-bond acceptors (Lipinski definition) is 1. The highest BCUT2D eigenvalue weighted by atomic mass is 16.3. The Bertz CT molecular complexity index is 449. The van der Waals surface area contributed by atoms with Crippen molar-refractivity contribution >= 4 is 0 Å². The van der Waals surface area contributed by atoms with E-state index >= 15 is 0 Å². The van der Waals surface area contributed by atoms with Crippen LogP contribution in [0.25, 0.3) is 0 Å². The SMILES string of the molecule is CCCCCCCCCCCCC1=CCC(O)(CCCCCCCCCCCC)C=C1. The van der Waals surface area contributed by atoms with E-state index in [9.17, 15) is 5.11 Å². The van der Waals surface area contributed by atoms with E-state index in [-0.39, 0.29) is 0 Å². The first-order chi connectivity index (χ1) is 15.2. The molecule has 182 valence electrons. The first kappa shape index (κ1) is 28.5. The van der Waals surface area contributed by atoms with Gasteiger partial charge >= 0.3 is 0 Å².